The molecule has 1 aliphatic carbocycles. The van der Waals surface area contributed by atoms with Gasteiger partial charge in [0, 0.05) is 16.3 Å². The Bertz CT molecular complexity index is 522. The number of hydrogen-bond donors (Lipinski definition) is 1. The highest BCUT2D eigenvalue weighted by Crippen LogP contribution is 2.31. The number of hydrogen-bond acceptors (Lipinski definition) is 5. The topological polar surface area (TPSA) is 37.8 Å². The van der Waals surface area contributed by atoms with Crippen molar-refractivity contribution in [1.82, 2.24) is 10.2 Å². The Morgan fingerprint density at radius 2 is 2.06 bits per heavy atom. The van der Waals surface area contributed by atoms with Crippen LogP contribution in [0.2, 0.25) is 0 Å². The normalized spacial score (nSPS) is 14.7. The van der Waals surface area contributed by atoms with E-state index in [0.717, 1.165) is 19.7 Å². The van der Waals surface area contributed by atoms with E-state index in [1.165, 1.54) is 18.4 Å². The quantitative estimate of drug-likeness (QED) is 0.828. The highest BCUT2D eigenvalue weighted by atomic mass is 79.9. The Hall–Kier alpha value is -0.590. The molecule has 3 nitrogen and oxygen atoms in total. The van der Waals surface area contributed by atoms with Crippen molar-refractivity contribution < 1.29 is 0 Å². The van der Waals surface area contributed by atoms with Crippen molar-refractivity contribution in [2.75, 3.05) is 5.32 Å². The first-order chi connectivity index (χ1) is 8.79. The van der Waals surface area contributed by atoms with E-state index >= 15 is 0 Å². The fourth-order valence-electron chi connectivity index (χ4n) is 1.45. The monoisotopic (exact) mass is 341 g/mol. The molecule has 1 aromatic carbocycles. The maximum Gasteiger partial charge on any atom is 0.206 e. The average Bonchev–Trinajstić information content (AvgIpc) is 3.07. The largest absolute Gasteiger partial charge is 0.357 e. The Kier molecular flexibility index (Phi) is 3.86. The molecule has 0 unspecified atom stereocenters. The van der Waals surface area contributed by atoms with E-state index in [1.807, 2.05) is 0 Å². The molecule has 0 saturated heterocycles. The summed E-state index contributed by atoms with van der Waals surface area (Å²) in [5.41, 5.74) is 1.30. The van der Waals surface area contributed by atoms with Crippen LogP contribution in [0.1, 0.15) is 18.4 Å². The molecule has 0 bridgehead atoms. The minimum atomic E-state index is 0.641. The van der Waals surface area contributed by atoms with Gasteiger partial charge < -0.3 is 5.32 Å². The first kappa shape index (κ1) is 12.4. The molecule has 0 atom stereocenters. The van der Waals surface area contributed by atoms with Crippen molar-refractivity contribution in [1.29, 1.82) is 0 Å². The van der Waals surface area contributed by atoms with Gasteiger partial charge in [-0.05, 0) is 30.5 Å². The summed E-state index contributed by atoms with van der Waals surface area (Å²) in [6.45, 7) is 0. The molecule has 0 radical (unpaired) electrons. The number of aromatic nitrogens is 2. The van der Waals surface area contributed by atoms with Crippen LogP contribution >= 0.6 is 39.0 Å². The van der Waals surface area contributed by atoms with Crippen molar-refractivity contribution in [2.24, 2.45) is 0 Å². The van der Waals surface area contributed by atoms with E-state index in [2.05, 4.69) is 55.7 Å². The van der Waals surface area contributed by atoms with Crippen LogP contribution in [0.15, 0.2) is 33.1 Å². The Morgan fingerprint density at radius 3 is 2.78 bits per heavy atom. The van der Waals surface area contributed by atoms with Gasteiger partial charge in [0.05, 0.1) is 0 Å². The van der Waals surface area contributed by atoms with Crippen LogP contribution in [0.3, 0.4) is 0 Å². The average molecular weight is 342 g/mol. The number of thioether (sulfide) groups is 1. The van der Waals surface area contributed by atoms with Gasteiger partial charge in [-0.3, -0.25) is 0 Å². The second kappa shape index (κ2) is 5.59. The SMILES string of the molecule is Brc1ccc(CSc2nnc(NC3CC3)s2)cc1. The molecule has 0 amide bonds. The van der Waals surface area contributed by atoms with Gasteiger partial charge in [-0.25, -0.2) is 0 Å². The fraction of sp³-hybridized carbons (Fsp3) is 0.333. The summed E-state index contributed by atoms with van der Waals surface area (Å²) in [5, 5.41) is 12.7. The van der Waals surface area contributed by atoms with E-state index in [1.54, 1.807) is 23.1 Å². The molecular weight excluding hydrogens is 330 g/mol. The first-order valence-corrected chi connectivity index (χ1v) is 8.36. The maximum absolute atomic E-state index is 4.19. The minimum absolute atomic E-state index is 0.641. The van der Waals surface area contributed by atoms with Crippen LogP contribution in [0.25, 0.3) is 0 Å². The van der Waals surface area contributed by atoms with Crippen LogP contribution in [-0.4, -0.2) is 16.2 Å². The molecule has 1 heterocycles. The van der Waals surface area contributed by atoms with Crippen molar-refractivity contribution in [3.63, 3.8) is 0 Å². The van der Waals surface area contributed by atoms with Crippen LogP contribution in [0.4, 0.5) is 5.13 Å². The molecule has 1 aromatic heterocycles. The minimum Gasteiger partial charge on any atom is -0.357 e. The molecule has 6 heteroatoms. The van der Waals surface area contributed by atoms with E-state index in [0.29, 0.717) is 6.04 Å². The third kappa shape index (κ3) is 3.46. The first-order valence-electron chi connectivity index (χ1n) is 5.77. The molecule has 1 saturated carbocycles. The van der Waals surface area contributed by atoms with Crippen molar-refractivity contribution in [3.05, 3.63) is 34.3 Å². The highest BCUT2D eigenvalue weighted by molar-refractivity contribution is 9.10. The van der Waals surface area contributed by atoms with Crippen LogP contribution < -0.4 is 5.32 Å². The number of nitrogens with one attached hydrogen (secondary N) is 1. The highest BCUT2D eigenvalue weighted by Gasteiger charge is 2.22. The molecule has 18 heavy (non-hydrogen) atoms. The van der Waals surface area contributed by atoms with Gasteiger partial charge in [-0.15, -0.1) is 10.2 Å². The van der Waals surface area contributed by atoms with Gasteiger partial charge in [0.15, 0.2) is 4.34 Å². The molecule has 2 aromatic rings. The van der Waals surface area contributed by atoms with Gasteiger partial charge in [-0.1, -0.05) is 51.2 Å². The van der Waals surface area contributed by atoms with Crippen LogP contribution in [0, 0.1) is 0 Å². The van der Waals surface area contributed by atoms with Crippen molar-refractivity contribution in [2.45, 2.75) is 29.0 Å². The lowest BCUT2D eigenvalue weighted by Gasteiger charge is -1.98. The smallest absolute Gasteiger partial charge is 0.206 e. The van der Waals surface area contributed by atoms with E-state index in [9.17, 15) is 0 Å². The van der Waals surface area contributed by atoms with Gasteiger partial charge in [0.2, 0.25) is 5.13 Å². The predicted octanol–water partition coefficient (Wildman–Crippen LogP) is 4.17. The Morgan fingerprint density at radius 1 is 1.28 bits per heavy atom. The standard InChI is InChI=1S/C12H12BrN3S2/c13-9-3-1-8(2-4-9)7-17-12-16-15-11(18-12)14-10-5-6-10/h1-4,10H,5-7H2,(H,14,15). The molecule has 1 fully saturated rings. The van der Waals surface area contributed by atoms with Crippen molar-refractivity contribution >= 4 is 44.2 Å². The summed E-state index contributed by atoms with van der Waals surface area (Å²) in [6, 6.07) is 9.03. The number of rotatable bonds is 5. The molecule has 0 aliphatic heterocycles. The third-order valence-electron chi connectivity index (χ3n) is 2.59. The fourth-order valence-corrected chi connectivity index (χ4v) is 3.50. The molecule has 1 aliphatic rings. The van der Waals surface area contributed by atoms with E-state index < -0.39 is 0 Å². The lowest BCUT2D eigenvalue weighted by Crippen LogP contribution is -1.99. The molecule has 1 N–H and O–H groups in total. The second-order valence-corrected chi connectivity index (χ2v) is 7.32. The number of benzene rings is 1. The molecule has 3 rings (SSSR count). The number of anilines is 1. The lowest BCUT2D eigenvalue weighted by atomic mass is 10.2. The van der Waals surface area contributed by atoms with E-state index in [-0.39, 0.29) is 0 Å². The number of halogens is 1. The summed E-state index contributed by atoms with van der Waals surface area (Å²) >= 11 is 6.82. The number of nitrogens with zero attached hydrogens (tertiary/aromatic N) is 2. The second-order valence-electron chi connectivity index (χ2n) is 4.21. The Labute approximate surface area is 123 Å². The van der Waals surface area contributed by atoms with Gasteiger partial charge in [-0.2, -0.15) is 0 Å². The third-order valence-corrected chi connectivity index (χ3v) is 5.17. The zero-order valence-electron chi connectivity index (χ0n) is 9.60. The molecule has 94 valence electrons. The van der Waals surface area contributed by atoms with Crippen LogP contribution in [-0.2, 0) is 5.75 Å². The summed E-state index contributed by atoms with van der Waals surface area (Å²) in [7, 11) is 0. The zero-order chi connectivity index (χ0) is 12.4. The lowest BCUT2D eigenvalue weighted by molar-refractivity contribution is 0.994. The molecular formula is C12H12BrN3S2. The predicted molar refractivity (Wildman–Crippen MR) is 80.3 cm³/mol. The van der Waals surface area contributed by atoms with Crippen LogP contribution in [0.5, 0.6) is 0 Å². The van der Waals surface area contributed by atoms with Gasteiger partial charge >= 0.3 is 0 Å². The van der Waals surface area contributed by atoms with Gasteiger partial charge in [0.1, 0.15) is 0 Å². The summed E-state index contributed by atoms with van der Waals surface area (Å²) in [6.07, 6.45) is 2.53. The maximum atomic E-state index is 4.19. The molecule has 0 spiro atoms. The summed E-state index contributed by atoms with van der Waals surface area (Å²) < 4.78 is 2.14. The van der Waals surface area contributed by atoms with E-state index in [4.69, 9.17) is 0 Å². The van der Waals surface area contributed by atoms with Gasteiger partial charge in [0.25, 0.3) is 0 Å². The van der Waals surface area contributed by atoms with Crippen molar-refractivity contribution in [3.8, 4) is 0 Å². The summed E-state index contributed by atoms with van der Waals surface area (Å²) in [5.74, 6) is 0.936. The Balaban J connectivity index is 1.55. The summed E-state index contributed by atoms with van der Waals surface area (Å²) in [4.78, 5) is 0. The zero-order valence-corrected chi connectivity index (χ0v) is 12.8.